The third-order valence-corrected chi connectivity index (χ3v) is 5.66. The molecule has 5 rings (SSSR count). The molecule has 1 aromatic heterocycles. The Hall–Kier alpha value is -4.38. The van der Waals surface area contributed by atoms with E-state index in [0.29, 0.717) is 0 Å². The van der Waals surface area contributed by atoms with Gasteiger partial charge in [-0.15, -0.1) is 0 Å². The molecule has 0 unspecified atom stereocenters. The lowest BCUT2D eigenvalue weighted by atomic mass is 10.1. The van der Waals surface area contributed by atoms with Crippen molar-refractivity contribution < 1.29 is 9.90 Å². The Kier molecular flexibility index (Phi) is 4.92. The number of hydrazone groups is 1. The summed E-state index contributed by atoms with van der Waals surface area (Å²) in [7, 11) is 2.02. The topological polar surface area (TPSA) is 66.6 Å². The molecule has 2 N–H and O–H groups in total. The second-order valence-corrected chi connectivity index (χ2v) is 7.62. The maximum atomic E-state index is 12.7. The van der Waals surface area contributed by atoms with Crippen LogP contribution in [-0.4, -0.2) is 21.8 Å². The minimum absolute atomic E-state index is 0.0773. The zero-order chi connectivity index (χ0) is 22.1. The van der Waals surface area contributed by atoms with Crippen molar-refractivity contribution >= 4 is 33.8 Å². The van der Waals surface area contributed by atoms with Crippen LogP contribution in [0.4, 0.5) is 0 Å². The van der Waals surface area contributed by atoms with Gasteiger partial charge >= 0.3 is 0 Å². The van der Waals surface area contributed by atoms with Crippen molar-refractivity contribution in [2.24, 2.45) is 12.1 Å². The van der Waals surface area contributed by atoms with Gasteiger partial charge in [0.2, 0.25) is 0 Å². The van der Waals surface area contributed by atoms with Gasteiger partial charge in [-0.2, -0.15) is 5.10 Å². The number of phenols is 1. The van der Waals surface area contributed by atoms with E-state index in [1.807, 2.05) is 67.7 Å². The fraction of sp³-hybridized carbons (Fsp3) is 0.0370. The maximum Gasteiger partial charge on any atom is 0.275 e. The summed E-state index contributed by atoms with van der Waals surface area (Å²) in [5, 5.41) is 17.3. The number of hydrogen-bond donors (Lipinski definition) is 2. The second-order valence-electron chi connectivity index (χ2n) is 7.62. The number of benzene rings is 4. The van der Waals surface area contributed by atoms with Gasteiger partial charge in [0.1, 0.15) is 5.75 Å². The average Bonchev–Trinajstić information content (AvgIpc) is 3.11. The predicted molar refractivity (Wildman–Crippen MR) is 129 cm³/mol. The van der Waals surface area contributed by atoms with Gasteiger partial charge in [0, 0.05) is 23.5 Å². The van der Waals surface area contributed by atoms with E-state index in [4.69, 9.17) is 0 Å². The molecule has 0 fully saturated rings. The second kappa shape index (κ2) is 8.04. The molecule has 0 aliphatic rings. The van der Waals surface area contributed by atoms with Gasteiger partial charge in [0.25, 0.3) is 5.91 Å². The minimum Gasteiger partial charge on any atom is -0.507 e. The molecule has 1 amide bonds. The number of rotatable bonds is 4. The number of para-hydroxylation sites is 1. The van der Waals surface area contributed by atoms with E-state index in [1.165, 1.54) is 0 Å². The number of carbonyl (C=O) groups excluding carboxylic acids is 1. The molecule has 0 radical (unpaired) electrons. The average molecular weight is 419 g/mol. The Balaban J connectivity index is 1.51. The van der Waals surface area contributed by atoms with Crippen molar-refractivity contribution in [1.82, 2.24) is 9.99 Å². The number of phenolic OH excluding ortho intramolecular Hbond substituents is 1. The highest BCUT2D eigenvalue weighted by molar-refractivity contribution is 6.07. The lowest BCUT2D eigenvalue weighted by molar-refractivity contribution is 0.0952. The largest absolute Gasteiger partial charge is 0.507 e. The number of amides is 1. The molecular weight excluding hydrogens is 398 g/mol. The molecule has 5 heteroatoms. The Bertz CT molecular complexity index is 1480. The molecule has 5 nitrogen and oxygen atoms in total. The lowest BCUT2D eigenvalue weighted by Gasteiger charge is -2.07. The number of aromatic nitrogens is 1. The van der Waals surface area contributed by atoms with Crippen molar-refractivity contribution in [3.63, 3.8) is 0 Å². The number of aromatic hydroxyl groups is 1. The first-order chi connectivity index (χ1) is 15.6. The Morgan fingerprint density at radius 2 is 1.56 bits per heavy atom. The first-order valence-electron chi connectivity index (χ1n) is 10.3. The van der Waals surface area contributed by atoms with E-state index in [0.717, 1.165) is 38.5 Å². The van der Waals surface area contributed by atoms with E-state index < -0.39 is 5.91 Å². The SMILES string of the molecule is Cn1c(-c2ccccc2)c(C=NNC(=O)c2cc3ccccc3cc2O)c2ccccc21. The number of aryl methyl sites for hydroxylation is 1. The number of carbonyl (C=O) groups is 1. The van der Waals surface area contributed by atoms with Gasteiger partial charge in [0.15, 0.2) is 0 Å². The van der Waals surface area contributed by atoms with E-state index in [2.05, 4.69) is 33.3 Å². The summed E-state index contributed by atoms with van der Waals surface area (Å²) in [5.74, 6) is -0.544. The monoisotopic (exact) mass is 419 g/mol. The molecule has 4 aromatic carbocycles. The van der Waals surface area contributed by atoms with Crippen LogP contribution in [0.25, 0.3) is 32.9 Å². The number of nitrogens with one attached hydrogen (secondary N) is 1. The molecule has 0 saturated heterocycles. The first kappa shape index (κ1) is 19.6. The van der Waals surface area contributed by atoms with Crippen LogP contribution in [0.5, 0.6) is 5.75 Å². The van der Waals surface area contributed by atoms with Gasteiger partial charge in [-0.3, -0.25) is 4.79 Å². The van der Waals surface area contributed by atoms with Crippen molar-refractivity contribution in [3.8, 4) is 17.0 Å². The van der Waals surface area contributed by atoms with E-state index in [1.54, 1.807) is 18.3 Å². The maximum absolute atomic E-state index is 12.7. The molecule has 156 valence electrons. The number of fused-ring (bicyclic) bond motifs is 2. The molecule has 32 heavy (non-hydrogen) atoms. The minimum atomic E-state index is -0.467. The van der Waals surface area contributed by atoms with Gasteiger partial charge in [-0.1, -0.05) is 72.8 Å². The lowest BCUT2D eigenvalue weighted by Crippen LogP contribution is -2.17. The molecule has 0 atom stereocenters. The Labute approximate surface area is 185 Å². The smallest absolute Gasteiger partial charge is 0.275 e. The molecule has 1 heterocycles. The number of hydrogen-bond acceptors (Lipinski definition) is 3. The van der Waals surface area contributed by atoms with Gasteiger partial charge < -0.3 is 9.67 Å². The first-order valence-corrected chi connectivity index (χ1v) is 10.3. The highest BCUT2D eigenvalue weighted by atomic mass is 16.3. The zero-order valence-electron chi connectivity index (χ0n) is 17.5. The summed E-state index contributed by atoms with van der Waals surface area (Å²) >= 11 is 0. The summed E-state index contributed by atoms with van der Waals surface area (Å²) in [6, 6.07) is 29.0. The summed E-state index contributed by atoms with van der Waals surface area (Å²) in [4.78, 5) is 12.7. The zero-order valence-corrected chi connectivity index (χ0v) is 17.5. The third-order valence-electron chi connectivity index (χ3n) is 5.66. The summed E-state index contributed by atoms with van der Waals surface area (Å²) in [6.45, 7) is 0. The van der Waals surface area contributed by atoms with Crippen LogP contribution in [0.1, 0.15) is 15.9 Å². The van der Waals surface area contributed by atoms with E-state index >= 15 is 0 Å². The molecule has 0 aliphatic carbocycles. The van der Waals surface area contributed by atoms with Crippen LogP contribution >= 0.6 is 0 Å². The normalized spacial score (nSPS) is 11.4. The van der Waals surface area contributed by atoms with Crippen LogP contribution < -0.4 is 5.43 Å². The third kappa shape index (κ3) is 3.40. The van der Waals surface area contributed by atoms with Crippen molar-refractivity contribution in [2.75, 3.05) is 0 Å². The van der Waals surface area contributed by atoms with Crippen LogP contribution in [0.2, 0.25) is 0 Å². The molecule has 0 spiro atoms. The van der Waals surface area contributed by atoms with Crippen LogP contribution in [0, 0.1) is 0 Å². The summed E-state index contributed by atoms with van der Waals surface area (Å²) < 4.78 is 2.13. The van der Waals surface area contributed by atoms with Crippen LogP contribution in [0.3, 0.4) is 0 Å². The standard InChI is InChI=1S/C27H21N3O2/c1-30-24-14-8-7-13-21(24)23(26(30)18-9-3-2-4-10-18)17-28-29-27(32)22-15-19-11-5-6-12-20(19)16-25(22)31/h2-17,31H,1H3,(H,29,32). The summed E-state index contributed by atoms with van der Waals surface area (Å²) in [5.41, 5.74) is 6.81. The number of nitrogens with zero attached hydrogens (tertiary/aromatic N) is 2. The van der Waals surface area contributed by atoms with Gasteiger partial charge in [-0.05, 0) is 34.5 Å². The molecule has 0 aliphatic heterocycles. The molecule has 0 bridgehead atoms. The van der Waals surface area contributed by atoms with Crippen molar-refractivity contribution in [1.29, 1.82) is 0 Å². The summed E-state index contributed by atoms with van der Waals surface area (Å²) in [6.07, 6.45) is 1.67. The van der Waals surface area contributed by atoms with Crippen molar-refractivity contribution in [2.45, 2.75) is 0 Å². The highest BCUT2D eigenvalue weighted by Crippen LogP contribution is 2.32. The molecule has 5 aromatic rings. The van der Waals surface area contributed by atoms with Gasteiger partial charge in [-0.25, -0.2) is 5.43 Å². The molecule has 0 saturated carbocycles. The van der Waals surface area contributed by atoms with Crippen LogP contribution in [-0.2, 0) is 7.05 Å². The predicted octanol–water partition coefficient (Wildman–Crippen LogP) is 5.47. The van der Waals surface area contributed by atoms with E-state index in [-0.39, 0.29) is 11.3 Å². The highest BCUT2D eigenvalue weighted by Gasteiger charge is 2.16. The quantitative estimate of drug-likeness (QED) is 0.300. The Morgan fingerprint density at radius 3 is 2.34 bits per heavy atom. The molecular formula is C27H21N3O2. The Morgan fingerprint density at radius 1 is 0.906 bits per heavy atom. The van der Waals surface area contributed by atoms with Crippen LogP contribution in [0.15, 0.2) is 96.1 Å². The fourth-order valence-corrected chi connectivity index (χ4v) is 4.12. The van der Waals surface area contributed by atoms with Gasteiger partial charge in [0.05, 0.1) is 17.5 Å². The van der Waals surface area contributed by atoms with Crippen molar-refractivity contribution in [3.05, 3.63) is 102 Å². The van der Waals surface area contributed by atoms with E-state index in [9.17, 15) is 9.90 Å². The fourth-order valence-electron chi connectivity index (χ4n) is 4.12.